The molecule has 0 bridgehead atoms. The van der Waals surface area contributed by atoms with Crippen molar-refractivity contribution in [3.05, 3.63) is 77.0 Å². The molecule has 3 aromatic rings. The number of hydrogen-bond donors (Lipinski definition) is 3. The summed E-state index contributed by atoms with van der Waals surface area (Å²) in [6, 6.07) is 15.7. The Hall–Kier alpha value is -3.44. The van der Waals surface area contributed by atoms with E-state index in [1.807, 2.05) is 44.2 Å². The molecule has 0 saturated heterocycles. The third-order valence-electron chi connectivity index (χ3n) is 4.69. The molecule has 1 aromatic heterocycles. The zero-order valence-electron chi connectivity index (χ0n) is 16.2. The molecule has 142 valence electrons. The first-order valence-electron chi connectivity index (χ1n) is 9.00. The number of carbonyl (C=O) groups excluding carboxylic acids is 1. The number of hydrogen-bond acceptors (Lipinski definition) is 4. The van der Waals surface area contributed by atoms with Crippen LogP contribution in [0.3, 0.4) is 0 Å². The van der Waals surface area contributed by atoms with Gasteiger partial charge in [0.1, 0.15) is 0 Å². The summed E-state index contributed by atoms with van der Waals surface area (Å²) < 4.78 is 0. The van der Waals surface area contributed by atoms with Gasteiger partial charge in [-0.3, -0.25) is 10.0 Å². The predicted molar refractivity (Wildman–Crippen MR) is 113 cm³/mol. The molecule has 2 aromatic carbocycles. The van der Waals surface area contributed by atoms with Crippen LogP contribution in [0, 0.1) is 13.8 Å². The first-order chi connectivity index (χ1) is 13.4. The smallest absolute Gasteiger partial charge is 0.275 e. The van der Waals surface area contributed by atoms with E-state index in [1.165, 1.54) is 5.56 Å². The molecular formula is C23H23N3O2. The maximum atomic E-state index is 12.1. The molecule has 0 aliphatic carbocycles. The van der Waals surface area contributed by atoms with Crippen LogP contribution in [0.4, 0.5) is 5.69 Å². The van der Waals surface area contributed by atoms with Crippen molar-refractivity contribution < 1.29 is 10.0 Å². The first kappa shape index (κ1) is 19.3. The average Bonchev–Trinajstić information content (AvgIpc) is 2.69. The summed E-state index contributed by atoms with van der Waals surface area (Å²) in [6.45, 7) is 5.72. The summed E-state index contributed by atoms with van der Waals surface area (Å²) in [7, 11) is 0. The topological polar surface area (TPSA) is 88.2 Å². The van der Waals surface area contributed by atoms with E-state index in [0.29, 0.717) is 28.2 Å². The maximum absolute atomic E-state index is 12.1. The zero-order chi connectivity index (χ0) is 20.3. The summed E-state index contributed by atoms with van der Waals surface area (Å²) in [5.74, 6) is -0.582. The minimum Gasteiger partial charge on any atom is -0.398 e. The van der Waals surface area contributed by atoms with E-state index < -0.39 is 5.91 Å². The molecule has 0 saturated carbocycles. The number of hydroxylamine groups is 1. The minimum atomic E-state index is -0.582. The predicted octanol–water partition coefficient (Wildman–Crippen LogP) is 4.77. The van der Waals surface area contributed by atoms with Crippen LogP contribution in [0.15, 0.2) is 54.6 Å². The normalized spacial score (nSPS) is 11.0. The van der Waals surface area contributed by atoms with Crippen LogP contribution < -0.4 is 11.2 Å². The fourth-order valence-corrected chi connectivity index (χ4v) is 3.10. The molecule has 0 radical (unpaired) electrons. The quantitative estimate of drug-likeness (QED) is 0.349. The highest BCUT2D eigenvalue weighted by molar-refractivity contribution is 5.97. The number of allylic oxidation sites excluding steroid dienone is 1. The van der Waals surface area contributed by atoms with Crippen molar-refractivity contribution in [2.45, 2.75) is 20.8 Å². The second kappa shape index (κ2) is 8.06. The van der Waals surface area contributed by atoms with Gasteiger partial charge in [0.25, 0.3) is 5.91 Å². The molecule has 28 heavy (non-hydrogen) atoms. The molecule has 4 N–H and O–H groups in total. The lowest BCUT2D eigenvalue weighted by Crippen LogP contribution is -2.20. The van der Waals surface area contributed by atoms with Gasteiger partial charge in [0.15, 0.2) is 0 Å². The standard InChI is InChI=1S/C23H23N3O2/c1-4-5-21-15(3)19(23(27)26-28)13-22(25-21)18-11-10-17(12-20(18)24)16-8-6-14(2)7-9-16/h4-13,28H,24H2,1-3H3,(H,26,27)/b5-4-. The van der Waals surface area contributed by atoms with E-state index in [2.05, 4.69) is 29.2 Å². The summed E-state index contributed by atoms with van der Waals surface area (Å²) in [6.07, 6.45) is 3.67. The lowest BCUT2D eigenvalue weighted by Gasteiger charge is -2.13. The summed E-state index contributed by atoms with van der Waals surface area (Å²) in [4.78, 5) is 16.7. The minimum absolute atomic E-state index is 0.350. The van der Waals surface area contributed by atoms with Crippen LogP contribution in [-0.2, 0) is 0 Å². The number of amides is 1. The van der Waals surface area contributed by atoms with Gasteiger partial charge in [0, 0.05) is 16.8 Å². The number of nitrogens with one attached hydrogen (secondary N) is 1. The van der Waals surface area contributed by atoms with Gasteiger partial charge in [-0.05, 0) is 55.7 Å². The molecule has 0 aliphatic rings. The number of nitrogens with zero attached hydrogens (tertiary/aromatic N) is 1. The molecule has 0 spiro atoms. The fourth-order valence-electron chi connectivity index (χ4n) is 3.10. The molecule has 0 fully saturated rings. The second-order valence-electron chi connectivity index (χ2n) is 6.67. The van der Waals surface area contributed by atoms with Crippen molar-refractivity contribution in [3.8, 4) is 22.4 Å². The number of carbonyl (C=O) groups is 1. The highest BCUT2D eigenvalue weighted by atomic mass is 16.5. The van der Waals surface area contributed by atoms with E-state index in [-0.39, 0.29) is 0 Å². The third kappa shape index (κ3) is 3.80. The van der Waals surface area contributed by atoms with Crippen molar-refractivity contribution in [2.75, 3.05) is 5.73 Å². The average molecular weight is 373 g/mol. The molecular weight excluding hydrogens is 350 g/mol. The number of benzene rings is 2. The van der Waals surface area contributed by atoms with Crippen molar-refractivity contribution in [1.82, 2.24) is 10.5 Å². The Morgan fingerprint density at radius 2 is 1.75 bits per heavy atom. The largest absolute Gasteiger partial charge is 0.398 e. The van der Waals surface area contributed by atoms with Gasteiger partial charge in [-0.1, -0.05) is 48.0 Å². The monoisotopic (exact) mass is 373 g/mol. The molecule has 3 rings (SSSR count). The van der Waals surface area contributed by atoms with Crippen molar-refractivity contribution in [1.29, 1.82) is 0 Å². The van der Waals surface area contributed by atoms with Crippen LogP contribution in [0.1, 0.15) is 34.1 Å². The van der Waals surface area contributed by atoms with Crippen LogP contribution >= 0.6 is 0 Å². The molecule has 1 amide bonds. The Bertz CT molecular complexity index is 1050. The van der Waals surface area contributed by atoms with Crippen LogP contribution in [0.2, 0.25) is 0 Å². The van der Waals surface area contributed by atoms with Gasteiger partial charge < -0.3 is 5.73 Å². The van der Waals surface area contributed by atoms with Gasteiger partial charge in [0.2, 0.25) is 0 Å². The Kier molecular flexibility index (Phi) is 5.57. The van der Waals surface area contributed by atoms with E-state index in [1.54, 1.807) is 18.5 Å². The van der Waals surface area contributed by atoms with Gasteiger partial charge in [-0.2, -0.15) is 0 Å². The summed E-state index contributed by atoms with van der Waals surface area (Å²) in [5, 5.41) is 9.07. The molecule has 0 unspecified atom stereocenters. The Balaban J connectivity index is 2.11. The Morgan fingerprint density at radius 3 is 2.36 bits per heavy atom. The number of anilines is 1. The van der Waals surface area contributed by atoms with Gasteiger partial charge in [-0.25, -0.2) is 10.5 Å². The van der Waals surface area contributed by atoms with Gasteiger partial charge in [0.05, 0.1) is 11.4 Å². The highest BCUT2D eigenvalue weighted by Gasteiger charge is 2.16. The molecule has 5 nitrogen and oxygen atoms in total. The third-order valence-corrected chi connectivity index (χ3v) is 4.69. The number of aromatic nitrogens is 1. The molecule has 0 aliphatic heterocycles. The number of nitrogen functional groups attached to an aromatic ring is 1. The number of pyridine rings is 1. The molecule has 5 heteroatoms. The first-order valence-corrected chi connectivity index (χ1v) is 9.00. The summed E-state index contributed by atoms with van der Waals surface area (Å²) >= 11 is 0. The van der Waals surface area contributed by atoms with Gasteiger partial charge >= 0.3 is 0 Å². The van der Waals surface area contributed by atoms with Crippen molar-refractivity contribution >= 4 is 17.7 Å². The Morgan fingerprint density at radius 1 is 1.07 bits per heavy atom. The zero-order valence-corrected chi connectivity index (χ0v) is 16.2. The maximum Gasteiger partial charge on any atom is 0.275 e. The number of rotatable bonds is 4. The molecule has 0 atom stereocenters. The van der Waals surface area contributed by atoms with E-state index in [4.69, 9.17) is 10.9 Å². The van der Waals surface area contributed by atoms with Crippen molar-refractivity contribution in [3.63, 3.8) is 0 Å². The van der Waals surface area contributed by atoms with E-state index in [0.717, 1.165) is 16.7 Å². The lowest BCUT2D eigenvalue weighted by molar-refractivity contribution is 0.0705. The van der Waals surface area contributed by atoms with E-state index >= 15 is 0 Å². The summed E-state index contributed by atoms with van der Waals surface area (Å²) in [5.41, 5.74) is 14.9. The molecule has 1 heterocycles. The van der Waals surface area contributed by atoms with Crippen molar-refractivity contribution in [2.24, 2.45) is 0 Å². The highest BCUT2D eigenvalue weighted by Crippen LogP contribution is 2.31. The van der Waals surface area contributed by atoms with Crippen LogP contribution in [0.25, 0.3) is 28.5 Å². The Labute approximate surface area is 164 Å². The number of nitrogens with two attached hydrogens (primary N) is 1. The second-order valence-corrected chi connectivity index (χ2v) is 6.67. The van der Waals surface area contributed by atoms with Crippen LogP contribution in [-0.4, -0.2) is 16.1 Å². The number of aryl methyl sites for hydroxylation is 1. The van der Waals surface area contributed by atoms with Gasteiger partial charge in [-0.15, -0.1) is 0 Å². The lowest BCUT2D eigenvalue weighted by atomic mass is 9.98. The van der Waals surface area contributed by atoms with Crippen LogP contribution in [0.5, 0.6) is 0 Å². The fraction of sp³-hybridized carbons (Fsp3) is 0.130. The SMILES string of the molecule is C/C=C\c1nc(-c2ccc(-c3ccc(C)cc3)cc2N)cc(C(=O)NO)c1C. The van der Waals surface area contributed by atoms with E-state index in [9.17, 15) is 4.79 Å².